The second-order valence-corrected chi connectivity index (χ2v) is 5.56. The van der Waals surface area contributed by atoms with Gasteiger partial charge in [0.25, 0.3) is 0 Å². The van der Waals surface area contributed by atoms with E-state index in [1.165, 1.54) is 18.2 Å². The van der Waals surface area contributed by atoms with Gasteiger partial charge >= 0.3 is 0 Å². The van der Waals surface area contributed by atoms with Gasteiger partial charge in [0.1, 0.15) is 0 Å². The summed E-state index contributed by atoms with van der Waals surface area (Å²) in [5.74, 6) is -0.194. The minimum atomic E-state index is -3.29. The highest BCUT2D eigenvalue weighted by molar-refractivity contribution is 7.94. The highest BCUT2D eigenvalue weighted by Crippen LogP contribution is 2.27. The molecular weight excluding hydrogens is 226 g/mol. The summed E-state index contributed by atoms with van der Waals surface area (Å²) in [6.45, 7) is 1.60. The maximum Gasteiger partial charge on any atom is 0.200 e. The number of carbonyl (C=O) groups is 1. The van der Waals surface area contributed by atoms with Crippen molar-refractivity contribution in [1.29, 1.82) is 0 Å². The molecule has 0 spiro atoms. The number of benzene rings is 1. The number of ketones is 1. The fourth-order valence-corrected chi connectivity index (χ4v) is 2.78. The highest BCUT2D eigenvalue weighted by atomic mass is 32.2. The summed E-state index contributed by atoms with van der Waals surface area (Å²) in [7, 11) is -3.29. The van der Waals surface area contributed by atoms with Crippen LogP contribution in [0.15, 0.2) is 28.5 Å². The number of sulfone groups is 1. The molecule has 1 heterocycles. The molecule has 5 heteroatoms. The van der Waals surface area contributed by atoms with Crippen molar-refractivity contribution in [3.8, 4) is 0 Å². The van der Waals surface area contributed by atoms with E-state index in [1.807, 2.05) is 0 Å². The Hall–Kier alpha value is -1.46. The van der Waals surface area contributed by atoms with Crippen molar-refractivity contribution in [2.24, 2.45) is 5.73 Å². The molecular formula is C11H11NO3S. The molecule has 0 aliphatic carbocycles. The topological polar surface area (TPSA) is 77.2 Å². The van der Waals surface area contributed by atoms with Gasteiger partial charge in [-0.2, -0.15) is 0 Å². The van der Waals surface area contributed by atoms with Crippen LogP contribution in [0.4, 0.5) is 0 Å². The van der Waals surface area contributed by atoms with E-state index < -0.39 is 15.9 Å². The fourth-order valence-electron chi connectivity index (χ4n) is 1.59. The van der Waals surface area contributed by atoms with Crippen molar-refractivity contribution in [3.05, 3.63) is 34.7 Å². The van der Waals surface area contributed by atoms with Crippen LogP contribution in [0.1, 0.15) is 22.8 Å². The molecule has 2 rings (SSSR count). The first-order valence-corrected chi connectivity index (χ1v) is 6.33. The van der Waals surface area contributed by atoms with Crippen LogP contribution < -0.4 is 5.73 Å². The molecule has 2 N–H and O–H groups in total. The summed E-state index contributed by atoms with van der Waals surface area (Å²) in [4.78, 5) is 11.9. The Bertz CT molecular complexity index is 585. The first-order valence-electron chi connectivity index (χ1n) is 4.79. The van der Waals surface area contributed by atoms with Crippen LogP contribution >= 0.6 is 0 Å². The van der Waals surface area contributed by atoms with Gasteiger partial charge in [-0.25, -0.2) is 8.42 Å². The van der Waals surface area contributed by atoms with Crippen LogP contribution in [-0.2, 0) is 9.84 Å². The van der Waals surface area contributed by atoms with Crippen LogP contribution in [-0.4, -0.2) is 20.2 Å². The third-order valence-corrected chi connectivity index (χ3v) is 3.92. The zero-order valence-corrected chi connectivity index (χ0v) is 9.49. The highest BCUT2D eigenvalue weighted by Gasteiger charge is 2.22. The van der Waals surface area contributed by atoms with Crippen LogP contribution in [0.3, 0.4) is 0 Å². The van der Waals surface area contributed by atoms with Crippen molar-refractivity contribution in [2.45, 2.75) is 17.9 Å². The smallest absolute Gasteiger partial charge is 0.200 e. The molecule has 0 radical (unpaired) electrons. The zero-order valence-electron chi connectivity index (χ0n) is 8.67. The van der Waals surface area contributed by atoms with Gasteiger partial charge < -0.3 is 5.73 Å². The van der Waals surface area contributed by atoms with Crippen molar-refractivity contribution in [2.75, 3.05) is 0 Å². The average molecular weight is 237 g/mol. The van der Waals surface area contributed by atoms with E-state index in [-0.39, 0.29) is 10.7 Å². The Balaban J connectivity index is 2.51. The second kappa shape index (κ2) is 3.54. The van der Waals surface area contributed by atoms with Crippen molar-refractivity contribution in [1.82, 2.24) is 0 Å². The number of rotatable bonds is 2. The second-order valence-electron chi connectivity index (χ2n) is 3.75. The van der Waals surface area contributed by atoms with E-state index in [0.717, 1.165) is 5.41 Å². The van der Waals surface area contributed by atoms with Gasteiger partial charge in [0.15, 0.2) is 15.6 Å². The molecule has 0 aromatic heterocycles. The quantitative estimate of drug-likeness (QED) is 0.778. The molecule has 0 saturated carbocycles. The lowest BCUT2D eigenvalue weighted by atomic mass is 10.0. The van der Waals surface area contributed by atoms with Gasteiger partial charge in [0.2, 0.25) is 0 Å². The first kappa shape index (κ1) is 11.0. The number of hydrogen-bond acceptors (Lipinski definition) is 4. The standard InChI is InChI=1S/C11H11NO3S/c1-7(12)11(13)9-2-3-10-8(6-9)4-5-16(10,14)15/h2-7H,12H2,1H3. The van der Waals surface area contributed by atoms with Crippen molar-refractivity contribution < 1.29 is 13.2 Å². The normalized spacial score (nSPS) is 18.1. The Kier molecular flexibility index (Phi) is 2.44. The summed E-state index contributed by atoms with van der Waals surface area (Å²) in [6, 6.07) is 3.91. The summed E-state index contributed by atoms with van der Waals surface area (Å²) in [5, 5.41) is 1.14. The Labute approximate surface area is 93.7 Å². The summed E-state index contributed by atoms with van der Waals surface area (Å²) in [5.41, 5.74) is 6.47. The monoisotopic (exact) mass is 237 g/mol. The molecule has 1 atom stereocenters. The Morgan fingerprint density at radius 2 is 2.06 bits per heavy atom. The van der Waals surface area contributed by atoms with E-state index in [2.05, 4.69) is 0 Å². The molecule has 1 aromatic carbocycles. The van der Waals surface area contributed by atoms with Gasteiger partial charge in [-0.15, -0.1) is 0 Å². The van der Waals surface area contributed by atoms with E-state index in [0.29, 0.717) is 11.1 Å². The molecule has 1 aliphatic rings. The van der Waals surface area contributed by atoms with E-state index in [1.54, 1.807) is 13.0 Å². The summed E-state index contributed by atoms with van der Waals surface area (Å²) < 4.78 is 22.9. The predicted octanol–water partition coefficient (Wildman–Crippen LogP) is 0.975. The predicted molar refractivity (Wildman–Crippen MR) is 60.6 cm³/mol. The largest absolute Gasteiger partial charge is 0.321 e. The molecule has 16 heavy (non-hydrogen) atoms. The van der Waals surface area contributed by atoms with Crippen LogP contribution in [0.25, 0.3) is 6.08 Å². The number of Topliss-reactive ketones (excluding diaryl/α,β-unsaturated/α-hetero) is 1. The molecule has 0 saturated heterocycles. The average Bonchev–Trinajstić information content (AvgIpc) is 2.53. The molecule has 1 unspecified atom stereocenters. The van der Waals surface area contributed by atoms with Crippen LogP contribution in [0.5, 0.6) is 0 Å². The van der Waals surface area contributed by atoms with Crippen molar-refractivity contribution >= 4 is 21.7 Å². The first-order chi connectivity index (χ1) is 7.42. The maximum absolute atomic E-state index is 11.6. The van der Waals surface area contributed by atoms with Gasteiger partial charge in [-0.05, 0) is 30.7 Å². The maximum atomic E-state index is 11.6. The molecule has 0 bridgehead atoms. The van der Waals surface area contributed by atoms with Crippen molar-refractivity contribution in [3.63, 3.8) is 0 Å². The lowest BCUT2D eigenvalue weighted by Gasteiger charge is -2.05. The van der Waals surface area contributed by atoms with Gasteiger partial charge in [0.05, 0.1) is 10.9 Å². The lowest BCUT2D eigenvalue weighted by Crippen LogP contribution is -2.26. The van der Waals surface area contributed by atoms with E-state index >= 15 is 0 Å². The minimum absolute atomic E-state index is 0.194. The third-order valence-electron chi connectivity index (χ3n) is 2.44. The number of fused-ring (bicyclic) bond motifs is 1. The molecule has 84 valence electrons. The summed E-state index contributed by atoms with van der Waals surface area (Å²) >= 11 is 0. The Morgan fingerprint density at radius 3 is 2.69 bits per heavy atom. The number of carbonyl (C=O) groups excluding carboxylic acids is 1. The molecule has 1 aromatic rings. The number of nitrogens with two attached hydrogens (primary N) is 1. The molecule has 1 aliphatic heterocycles. The third kappa shape index (κ3) is 1.68. The molecule has 4 nitrogen and oxygen atoms in total. The van der Waals surface area contributed by atoms with Crippen LogP contribution in [0, 0.1) is 0 Å². The van der Waals surface area contributed by atoms with E-state index in [4.69, 9.17) is 5.73 Å². The minimum Gasteiger partial charge on any atom is -0.321 e. The van der Waals surface area contributed by atoms with Gasteiger partial charge in [0, 0.05) is 11.0 Å². The van der Waals surface area contributed by atoms with Crippen LogP contribution in [0.2, 0.25) is 0 Å². The van der Waals surface area contributed by atoms with E-state index in [9.17, 15) is 13.2 Å². The molecule has 0 amide bonds. The fraction of sp³-hybridized carbons (Fsp3) is 0.182. The van der Waals surface area contributed by atoms with Gasteiger partial charge in [-0.3, -0.25) is 4.79 Å². The lowest BCUT2D eigenvalue weighted by molar-refractivity contribution is 0.0968. The zero-order chi connectivity index (χ0) is 11.9. The number of hydrogen-bond donors (Lipinski definition) is 1. The Morgan fingerprint density at radius 1 is 1.38 bits per heavy atom. The molecule has 0 fully saturated rings. The van der Waals surface area contributed by atoms with Gasteiger partial charge in [-0.1, -0.05) is 6.07 Å². The summed E-state index contributed by atoms with van der Waals surface area (Å²) in [6.07, 6.45) is 1.49. The SMILES string of the molecule is CC(N)C(=O)c1ccc2c(c1)C=CS2(=O)=O.